The molecule has 5 nitrogen and oxygen atoms in total. The van der Waals surface area contributed by atoms with E-state index in [0.29, 0.717) is 17.9 Å². The van der Waals surface area contributed by atoms with Gasteiger partial charge in [0.05, 0.1) is 0 Å². The Morgan fingerprint density at radius 1 is 0.880 bits per heavy atom. The molecule has 0 spiro atoms. The molecule has 25 heavy (non-hydrogen) atoms. The normalized spacial score (nSPS) is 11.4. The molecule has 2 aromatic carbocycles. The minimum Gasteiger partial charge on any atom is -0.427 e. The smallest absolute Gasteiger partial charge is 0.308 e. The van der Waals surface area contributed by atoms with Crippen molar-refractivity contribution in [1.29, 1.82) is 0 Å². The van der Waals surface area contributed by atoms with Crippen LogP contribution in [0.25, 0.3) is 0 Å². The number of carbonyl (C=O) groups is 3. The lowest BCUT2D eigenvalue weighted by Crippen LogP contribution is -2.04. The molecule has 0 bridgehead atoms. The van der Waals surface area contributed by atoms with Crippen molar-refractivity contribution in [2.24, 2.45) is 0 Å². The summed E-state index contributed by atoms with van der Waals surface area (Å²) in [5.41, 5.74) is 1.93. The number of esters is 2. The van der Waals surface area contributed by atoms with Crippen LogP contribution in [0.4, 0.5) is 0 Å². The number of carbonyl (C=O) groups excluding carboxylic acids is 3. The topological polar surface area (TPSA) is 69.7 Å². The van der Waals surface area contributed by atoms with Crippen LogP contribution in [0, 0.1) is 0 Å². The first-order chi connectivity index (χ1) is 12.0. The van der Waals surface area contributed by atoms with Crippen LogP contribution < -0.4 is 9.47 Å². The molecule has 0 N–H and O–H groups in total. The van der Waals surface area contributed by atoms with Gasteiger partial charge in [-0.2, -0.15) is 0 Å². The Balaban J connectivity index is 1.96. The summed E-state index contributed by atoms with van der Waals surface area (Å²) in [4.78, 5) is 33.2. The second kappa shape index (κ2) is 8.78. The third-order valence-electron chi connectivity index (χ3n) is 3.66. The average molecular weight is 340 g/mol. The van der Waals surface area contributed by atoms with Gasteiger partial charge in [0.15, 0.2) is 0 Å². The highest BCUT2D eigenvalue weighted by atomic mass is 16.5. The first-order valence-electron chi connectivity index (χ1n) is 7.99. The van der Waals surface area contributed by atoms with Crippen LogP contribution in [-0.2, 0) is 20.8 Å². The van der Waals surface area contributed by atoms with Gasteiger partial charge in [-0.05, 0) is 48.2 Å². The second-order valence-corrected chi connectivity index (χ2v) is 5.68. The zero-order valence-corrected chi connectivity index (χ0v) is 14.2. The van der Waals surface area contributed by atoms with Crippen molar-refractivity contribution in [3.63, 3.8) is 0 Å². The molecule has 0 fully saturated rings. The SMILES string of the molecule is CC(=O)Oc1ccc(CCC(C=O)c2ccc(OC(C)=O)cc2)cc1. The molecule has 5 heteroatoms. The lowest BCUT2D eigenvalue weighted by Gasteiger charge is -2.12. The highest BCUT2D eigenvalue weighted by Gasteiger charge is 2.11. The minimum atomic E-state index is -0.378. The van der Waals surface area contributed by atoms with Crippen LogP contribution in [0.3, 0.4) is 0 Å². The molecular formula is C20H20O5. The molecule has 0 amide bonds. The van der Waals surface area contributed by atoms with Crippen LogP contribution in [0.15, 0.2) is 48.5 Å². The quantitative estimate of drug-likeness (QED) is 0.439. The van der Waals surface area contributed by atoms with Crippen molar-refractivity contribution < 1.29 is 23.9 Å². The Hall–Kier alpha value is -2.95. The van der Waals surface area contributed by atoms with Gasteiger partial charge >= 0.3 is 11.9 Å². The van der Waals surface area contributed by atoms with E-state index in [9.17, 15) is 14.4 Å². The van der Waals surface area contributed by atoms with E-state index in [0.717, 1.165) is 23.8 Å². The molecule has 0 aliphatic rings. The van der Waals surface area contributed by atoms with Gasteiger partial charge in [0, 0.05) is 19.8 Å². The number of aryl methyl sites for hydroxylation is 1. The lowest BCUT2D eigenvalue weighted by atomic mass is 9.93. The van der Waals surface area contributed by atoms with E-state index in [-0.39, 0.29) is 17.9 Å². The van der Waals surface area contributed by atoms with Crippen molar-refractivity contribution in [3.05, 3.63) is 59.7 Å². The maximum Gasteiger partial charge on any atom is 0.308 e. The van der Waals surface area contributed by atoms with Gasteiger partial charge in [-0.25, -0.2) is 0 Å². The van der Waals surface area contributed by atoms with Crippen molar-refractivity contribution in [1.82, 2.24) is 0 Å². The predicted molar refractivity (Wildman–Crippen MR) is 92.6 cm³/mol. The highest BCUT2D eigenvalue weighted by molar-refractivity contribution is 5.70. The summed E-state index contributed by atoms with van der Waals surface area (Å²) in [7, 11) is 0. The summed E-state index contributed by atoms with van der Waals surface area (Å²) in [5, 5.41) is 0. The summed E-state index contributed by atoms with van der Waals surface area (Å²) < 4.78 is 9.98. The lowest BCUT2D eigenvalue weighted by molar-refractivity contribution is -0.132. The van der Waals surface area contributed by atoms with Gasteiger partial charge < -0.3 is 14.3 Å². The Morgan fingerprint density at radius 3 is 1.80 bits per heavy atom. The first kappa shape index (κ1) is 18.4. The third-order valence-corrected chi connectivity index (χ3v) is 3.66. The molecule has 0 saturated heterocycles. The fourth-order valence-electron chi connectivity index (χ4n) is 2.47. The van der Waals surface area contributed by atoms with E-state index >= 15 is 0 Å². The van der Waals surface area contributed by atoms with Gasteiger partial charge in [0.25, 0.3) is 0 Å². The molecule has 0 saturated carbocycles. The molecule has 0 aromatic heterocycles. The second-order valence-electron chi connectivity index (χ2n) is 5.68. The number of benzene rings is 2. The Morgan fingerprint density at radius 2 is 1.36 bits per heavy atom. The van der Waals surface area contributed by atoms with E-state index in [1.165, 1.54) is 13.8 Å². The monoisotopic (exact) mass is 340 g/mol. The van der Waals surface area contributed by atoms with Crippen LogP contribution in [-0.4, -0.2) is 18.2 Å². The first-order valence-corrected chi connectivity index (χ1v) is 7.99. The molecule has 1 atom stereocenters. The van der Waals surface area contributed by atoms with E-state index in [1.807, 2.05) is 12.1 Å². The summed E-state index contributed by atoms with van der Waals surface area (Å²) in [6, 6.07) is 14.2. The van der Waals surface area contributed by atoms with Crippen molar-refractivity contribution >= 4 is 18.2 Å². The maximum absolute atomic E-state index is 11.4. The fraction of sp³-hybridized carbons (Fsp3) is 0.250. The van der Waals surface area contributed by atoms with Gasteiger partial charge in [-0.15, -0.1) is 0 Å². The van der Waals surface area contributed by atoms with Crippen LogP contribution >= 0.6 is 0 Å². The summed E-state index contributed by atoms with van der Waals surface area (Å²) in [6.45, 7) is 2.70. The minimum absolute atomic E-state index is 0.237. The Bertz CT molecular complexity index is 732. The average Bonchev–Trinajstić information content (AvgIpc) is 2.57. The zero-order valence-electron chi connectivity index (χ0n) is 14.2. The van der Waals surface area contributed by atoms with Crippen molar-refractivity contribution in [3.8, 4) is 11.5 Å². The number of ether oxygens (including phenoxy) is 2. The molecular weight excluding hydrogens is 320 g/mol. The highest BCUT2D eigenvalue weighted by Crippen LogP contribution is 2.23. The number of hydrogen-bond acceptors (Lipinski definition) is 5. The van der Waals surface area contributed by atoms with Gasteiger partial charge in [-0.1, -0.05) is 24.3 Å². The molecule has 0 aliphatic carbocycles. The van der Waals surface area contributed by atoms with Gasteiger partial charge in [0.2, 0.25) is 0 Å². The molecule has 2 rings (SSSR count). The van der Waals surface area contributed by atoms with Crippen molar-refractivity contribution in [2.75, 3.05) is 0 Å². The number of hydrogen-bond donors (Lipinski definition) is 0. The molecule has 2 aromatic rings. The standard InChI is InChI=1S/C20H20O5/c1-14(22)24-19-9-4-16(5-10-19)3-6-18(13-21)17-7-11-20(12-8-17)25-15(2)23/h4-5,7-13,18H,3,6H2,1-2H3. The van der Waals surface area contributed by atoms with Gasteiger partial charge in [-0.3, -0.25) is 9.59 Å². The number of rotatable bonds is 7. The molecule has 0 aliphatic heterocycles. The van der Waals surface area contributed by atoms with E-state index in [1.54, 1.807) is 36.4 Å². The van der Waals surface area contributed by atoms with Crippen LogP contribution in [0.2, 0.25) is 0 Å². The number of aldehydes is 1. The van der Waals surface area contributed by atoms with E-state index in [2.05, 4.69) is 0 Å². The summed E-state index contributed by atoms with van der Waals surface area (Å²) in [5.74, 6) is -0.00594. The fourth-order valence-corrected chi connectivity index (χ4v) is 2.47. The molecule has 1 unspecified atom stereocenters. The summed E-state index contributed by atoms with van der Waals surface area (Å²) in [6.07, 6.45) is 2.30. The molecule has 0 radical (unpaired) electrons. The predicted octanol–water partition coefficient (Wildman–Crippen LogP) is 3.45. The zero-order chi connectivity index (χ0) is 18.2. The Labute approximate surface area is 146 Å². The Kier molecular flexibility index (Phi) is 6.46. The van der Waals surface area contributed by atoms with Crippen LogP contribution in [0.5, 0.6) is 11.5 Å². The maximum atomic E-state index is 11.4. The van der Waals surface area contributed by atoms with Crippen LogP contribution in [0.1, 0.15) is 37.3 Å². The third kappa shape index (κ3) is 5.88. The van der Waals surface area contributed by atoms with E-state index < -0.39 is 0 Å². The summed E-state index contributed by atoms with van der Waals surface area (Å²) >= 11 is 0. The largest absolute Gasteiger partial charge is 0.427 e. The van der Waals surface area contributed by atoms with E-state index in [4.69, 9.17) is 9.47 Å². The molecule has 130 valence electrons. The van der Waals surface area contributed by atoms with Gasteiger partial charge in [0.1, 0.15) is 17.8 Å². The van der Waals surface area contributed by atoms with Crippen molar-refractivity contribution in [2.45, 2.75) is 32.6 Å². The molecule has 0 heterocycles.